The van der Waals surface area contributed by atoms with Gasteiger partial charge in [-0.25, -0.2) is 0 Å². The number of nitro benzene ring substituents is 1. The Morgan fingerprint density at radius 1 is 1.29 bits per heavy atom. The van der Waals surface area contributed by atoms with Crippen LogP contribution in [0.3, 0.4) is 0 Å². The molecule has 0 aliphatic heterocycles. The van der Waals surface area contributed by atoms with Gasteiger partial charge in [-0.2, -0.15) is 0 Å². The van der Waals surface area contributed by atoms with Gasteiger partial charge in [-0.05, 0) is 36.6 Å². The first kappa shape index (κ1) is 15.3. The summed E-state index contributed by atoms with van der Waals surface area (Å²) >= 11 is 6.20. The fourth-order valence-electron chi connectivity index (χ4n) is 2.21. The standard InChI is InChI=1S/C16H17ClN2O2/c1-3-15(12-5-4-6-13(10-12)19(20)21)18-16-9-11(2)7-8-14(16)17/h4-10,15,18H,3H2,1-2H3. The Morgan fingerprint density at radius 3 is 2.71 bits per heavy atom. The number of hydrogen-bond donors (Lipinski definition) is 1. The Morgan fingerprint density at radius 2 is 2.05 bits per heavy atom. The highest BCUT2D eigenvalue weighted by atomic mass is 35.5. The first-order chi connectivity index (χ1) is 10.0. The first-order valence-electron chi connectivity index (χ1n) is 6.78. The molecule has 4 nitrogen and oxygen atoms in total. The number of rotatable bonds is 5. The molecule has 0 bridgehead atoms. The molecule has 0 radical (unpaired) electrons. The van der Waals surface area contributed by atoms with Gasteiger partial charge in [0.2, 0.25) is 0 Å². The van der Waals surface area contributed by atoms with E-state index in [1.165, 1.54) is 6.07 Å². The second kappa shape index (κ2) is 6.59. The number of nitrogens with one attached hydrogen (secondary N) is 1. The van der Waals surface area contributed by atoms with Crippen molar-refractivity contribution >= 4 is 23.0 Å². The average Bonchev–Trinajstić information content (AvgIpc) is 2.48. The van der Waals surface area contributed by atoms with E-state index in [2.05, 4.69) is 5.32 Å². The highest BCUT2D eigenvalue weighted by Gasteiger charge is 2.14. The molecule has 1 atom stereocenters. The first-order valence-corrected chi connectivity index (χ1v) is 7.16. The van der Waals surface area contributed by atoms with Gasteiger partial charge < -0.3 is 5.32 Å². The lowest BCUT2D eigenvalue weighted by atomic mass is 10.0. The van der Waals surface area contributed by atoms with E-state index < -0.39 is 0 Å². The van der Waals surface area contributed by atoms with Crippen LogP contribution in [0.4, 0.5) is 11.4 Å². The zero-order valence-electron chi connectivity index (χ0n) is 12.0. The summed E-state index contributed by atoms with van der Waals surface area (Å²) in [6.07, 6.45) is 0.797. The predicted octanol–water partition coefficient (Wildman–Crippen LogP) is 5.12. The lowest BCUT2D eigenvalue weighted by Crippen LogP contribution is -2.10. The number of benzene rings is 2. The summed E-state index contributed by atoms with van der Waals surface area (Å²) < 4.78 is 0. The van der Waals surface area contributed by atoms with Crippen LogP contribution in [-0.2, 0) is 0 Å². The molecule has 0 aliphatic carbocycles. The molecule has 0 amide bonds. The van der Waals surface area contributed by atoms with Crippen LogP contribution < -0.4 is 5.32 Å². The maximum absolute atomic E-state index is 10.9. The molecular formula is C16H17ClN2O2. The van der Waals surface area contributed by atoms with E-state index >= 15 is 0 Å². The van der Waals surface area contributed by atoms with E-state index in [0.29, 0.717) is 5.02 Å². The molecule has 0 fully saturated rings. The van der Waals surface area contributed by atoms with Crippen LogP contribution in [-0.4, -0.2) is 4.92 Å². The van der Waals surface area contributed by atoms with Gasteiger partial charge in [0.05, 0.1) is 21.7 Å². The van der Waals surface area contributed by atoms with Crippen LogP contribution in [0.2, 0.25) is 5.02 Å². The van der Waals surface area contributed by atoms with Crippen molar-refractivity contribution < 1.29 is 4.92 Å². The molecule has 2 aromatic carbocycles. The smallest absolute Gasteiger partial charge is 0.269 e. The Hall–Kier alpha value is -2.07. The summed E-state index contributed by atoms with van der Waals surface area (Å²) in [6.45, 7) is 4.02. The Balaban J connectivity index is 2.29. The van der Waals surface area contributed by atoms with E-state index in [9.17, 15) is 10.1 Å². The van der Waals surface area contributed by atoms with Crippen molar-refractivity contribution in [1.29, 1.82) is 0 Å². The van der Waals surface area contributed by atoms with E-state index in [-0.39, 0.29) is 16.7 Å². The van der Waals surface area contributed by atoms with E-state index in [0.717, 1.165) is 23.2 Å². The van der Waals surface area contributed by atoms with Crippen LogP contribution in [0, 0.1) is 17.0 Å². The van der Waals surface area contributed by atoms with E-state index in [1.807, 2.05) is 38.1 Å². The molecule has 0 aliphatic rings. The Bertz CT molecular complexity index is 658. The minimum Gasteiger partial charge on any atom is -0.377 e. The third-order valence-corrected chi connectivity index (χ3v) is 3.67. The average molecular weight is 305 g/mol. The second-order valence-electron chi connectivity index (χ2n) is 4.94. The van der Waals surface area contributed by atoms with Gasteiger partial charge in [0, 0.05) is 12.1 Å². The molecule has 0 aromatic heterocycles. The van der Waals surface area contributed by atoms with Crippen LogP contribution in [0.15, 0.2) is 42.5 Å². The van der Waals surface area contributed by atoms with Crippen molar-refractivity contribution in [2.24, 2.45) is 0 Å². The third kappa shape index (κ3) is 3.73. The van der Waals surface area contributed by atoms with Gasteiger partial charge in [0.1, 0.15) is 0 Å². The molecule has 0 heterocycles. The largest absolute Gasteiger partial charge is 0.377 e. The van der Waals surface area contributed by atoms with Crippen molar-refractivity contribution in [2.75, 3.05) is 5.32 Å². The number of halogens is 1. The number of nitrogens with zero attached hydrogens (tertiary/aromatic N) is 1. The van der Waals surface area contributed by atoms with Crippen molar-refractivity contribution in [3.63, 3.8) is 0 Å². The lowest BCUT2D eigenvalue weighted by molar-refractivity contribution is -0.384. The zero-order valence-corrected chi connectivity index (χ0v) is 12.7. The monoisotopic (exact) mass is 304 g/mol. The Labute approximate surface area is 128 Å². The van der Waals surface area contributed by atoms with Crippen LogP contribution >= 0.6 is 11.6 Å². The third-order valence-electron chi connectivity index (χ3n) is 3.34. The fraction of sp³-hybridized carbons (Fsp3) is 0.250. The van der Waals surface area contributed by atoms with E-state index in [4.69, 9.17) is 11.6 Å². The normalized spacial score (nSPS) is 12.0. The van der Waals surface area contributed by atoms with Gasteiger partial charge in [0.25, 0.3) is 5.69 Å². The number of hydrogen-bond acceptors (Lipinski definition) is 3. The van der Waals surface area contributed by atoms with E-state index in [1.54, 1.807) is 12.1 Å². The number of aryl methyl sites for hydroxylation is 1. The summed E-state index contributed by atoms with van der Waals surface area (Å²) in [7, 11) is 0. The molecular weight excluding hydrogens is 288 g/mol. The van der Waals surface area contributed by atoms with Gasteiger partial charge in [0.15, 0.2) is 0 Å². The van der Waals surface area contributed by atoms with Crippen LogP contribution in [0.5, 0.6) is 0 Å². The SMILES string of the molecule is CCC(Nc1cc(C)ccc1Cl)c1cccc([N+](=O)[O-])c1. The van der Waals surface area contributed by atoms with Crippen LogP contribution in [0.1, 0.15) is 30.5 Å². The molecule has 1 unspecified atom stereocenters. The van der Waals surface area contributed by atoms with Gasteiger partial charge in [-0.1, -0.05) is 36.7 Å². The summed E-state index contributed by atoms with van der Waals surface area (Å²) in [5.74, 6) is 0. The zero-order chi connectivity index (χ0) is 15.4. The molecule has 110 valence electrons. The predicted molar refractivity (Wildman–Crippen MR) is 85.9 cm³/mol. The van der Waals surface area contributed by atoms with Crippen molar-refractivity contribution in [2.45, 2.75) is 26.3 Å². The van der Waals surface area contributed by atoms with Crippen molar-refractivity contribution in [3.8, 4) is 0 Å². The molecule has 0 saturated heterocycles. The molecule has 5 heteroatoms. The quantitative estimate of drug-likeness (QED) is 0.616. The highest BCUT2D eigenvalue weighted by Crippen LogP contribution is 2.30. The second-order valence-corrected chi connectivity index (χ2v) is 5.35. The van der Waals surface area contributed by atoms with Crippen molar-refractivity contribution in [1.82, 2.24) is 0 Å². The van der Waals surface area contributed by atoms with Gasteiger partial charge >= 0.3 is 0 Å². The molecule has 1 N–H and O–H groups in total. The minimum atomic E-state index is -0.379. The van der Waals surface area contributed by atoms with Gasteiger partial charge in [-0.15, -0.1) is 0 Å². The molecule has 21 heavy (non-hydrogen) atoms. The van der Waals surface area contributed by atoms with Crippen LogP contribution in [0.25, 0.3) is 0 Å². The van der Waals surface area contributed by atoms with Gasteiger partial charge in [-0.3, -0.25) is 10.1 Å². The number of anilines is 1. The summed E-state index contributed by atoms with van der Waals surface area (Å²) in [5.41, 5.74) is 2.93. The fourth-order valence-corrected chi connectivity index (χ4v) is 2.39. The maximum atomic E-state index is 10.9. The minimum absolute atomic E-state index is 0.0239. The van der Waals surface area contributed by atoms with Crippen molar-refractivity contribution in [3.05, 3.63) is 68.7 Å². The summed E-state index contributed by atoms with van der Waals surface area (Å²) in [5, 5.41) is 14.9. The topological polar surface area (TPSA) is 55.2 Å². The lowest BCUT2D eigenvalue weighted by Gasteiger charge is -2.20. The summed E-state index contributed by atoms with van der Waals surface area (Å²) in [4.78, 5) is 10.5. The number of nitro groups is 1. The molecule has 2 rings (SSSR count). The summed E-state index contributed by atoms with van der Waals surface area (Å²) in [6, 6.07) is 12.4. The molecule has 0 saturated carbocycles. The molecule has 0 spiro atoms. The highest BCUT2D eigenvalue weighted by molar-refractivity contribution is 6.33. The maximum Gasteiger partial charge on any atom is 0.269 e. The molecule has 2 aromatic rings. The number of non-ortho nitro benzene ring substituents is 1. The Kier molecular flexibility index (Phi) is 4.81.